The highest BCUT2D eigenvalue weighted by atomic mass is 32.2. The smallest absolute Gasteiger partial charge is 0.355 e. The molecule has 0 radical (unpaired) electrons. The number of alkyl halides is 2. The van der Waals surface area contributed by atoms with E-state index in [4.69, 9.17) is 5.11 Å². The SMILES string of the molecule is O=C(O)C1(c2ccc(NS(=O)(=O)C(F)F)cc2)CC1. The number of hydrogen-bond acceptors (Lipinski definition) is 3. The number of carboxylic acid groups (broad SMARTS) is 1. The van der Waals surface area contributed by atoms with Crippen LogP contribution in [0.1, 0.15) is 18.4 Å². The van der Waals surface area contributed by atoms with Crippen LogP contribution in [0.25, 0.3) is 0 Å². The molecule has 0 unspecified atom stereocenters. The molecule has 1 saturated carbocycles. The third-order valence-corrected chi connectivity index (χ3v) is 4.08. The largest absolute Gasteiger partial charge is 0.481 e. The second kappa shape index (κ2) is 4.44. The zero-order valence-corrected chi connectivity index (χ0v) is 10.5. The summed E-state index contributed by atoms with van der Waals surface area (Å²) in [6.07, 6.45) is 1.04. The number of nitrogens with one attached hydrogen (secondary N) is 1. The molecule has 0 atom stereocenters. The van der Waals surface area contributed by atoms with Crippen LogP contribution in [0.2, 0.25) is 0 Å². The fourth-order valence-electron chi connectivity index (χ4n) is 1.82. The maximum atomic E-state index is 12.2. The predicted molar refractivity (Wildman–Crippen MR) is 63.5 cm³/mol. The lowest BCUT2D eigenvalue weighted by molar-refractivity contribution is -0.140. The minimum absolute atomic E-state index is 0.0229. The molecule has 2 rings (SSSR count). The van der Waals surface area contributed by atoms with E-state index < -0.39 is 27.2 Å². The Labute approximate surface area is 108 Å². The molecule has 0 aliphatic heterocycles. The average molecular weight is 291 g/mol. The maximum absolute atomic E-state index is 12.2. The van der Waals surface area contributed by atoms with Crippen molar-refractivity contribution in [2.45, 2.75) is 24.0 Å². The second-order valence-corrected chi connectivity index (χ2v) is 6.02. The number of anilines is 1. The first kappa shape index (κ1) is 13.7. The average Bonchev–Trinajstić information content (AvgIpc) is 3.10. The minimum Gasteiger partial charge on any atom is -0.481 e. The highest BCUT2D eigenvalue weighted by molar-refractivity contribution is 7.93. The second-order valence-electron chi connectivity index (χ2n) is 4.37. The normalized spacial score (nSPS) is 17.2. The van der Waals surface area contributed by atoms with E-state index in [1.807, 2.05) is 0 Å². The van der Waals surface area contributed by atoms with Crippen LogP contribution in [0.3, 0.4) is 0 Å². The van der Waals surface area contributed by atoms with Crippen LogP contribution in [0.15, 0.2) is 24.3 Å². The summed E-state index contributed by atoms with van der Waals surface area (Å²) < 4.78 is 47.9. The van der Waals surface area contributed by atoms with Crippen LogP contribution in [-0.4, -0.2) is 25.3 Å². The molecule has 0 saturated heterocycles. The van der Waals surface area contributed by atoms with E-state index in [0.29, 0.717) is 18.4 Å². The Hall–Kier alpha value is -1.70. The topological polar surface area (TPSA) is 83.5 Å². The van der Waals surface area contributed by atoms with Gasteiger partial charge in [0.25, 0.3) is 10.0 Å². The van der Waals surface area contributed by atoms with Gasteiger partial charge in [-0.15, -0.1) is 0 Å². The summed E-state index contributed by atoms with van der Waals surface area (Å²) in [6.45, 7) is 0. The molecule has 0 heterocycles. The first-order chi connectivity index (χ1) is 8.78. The zero-order valence-electron chi connectivity index (χ0n) is 9.64. The summed E-state index contributed by atoms with van der Waals surface area (Å²) in [5, 5.41) is 9.08. The molecule has 1 aliphatic rings. The van der Waals surface area contributed by atoms with E-state index >= 15 is 0 Å². The van der Waals surface area contributed by atoms with Crippen molar-refractivity contribution in [1.29, 1.82) is 0 Å². The number of rotatable bonds is 5. The molecule has 8 heteroatoms. The Morgan fingerprint density at radius 2 is 1.79 bits per heavy atom. The van der Waals surface area contributed by atoms with Crippen molar-refractivity contribution >= 4 is 21.7 Å². The van der Waals surface area contributed by atoms with Gasteiger partial charge in [-0.3, -0.25) is 9.52 Å². The van der Waals surface area contributed by atoms with Crippen molar-refractivity contribution in [1.82, 2.24) is 0 Å². The molecular formula is C11H11F2NO4S. The molecule has 0 bridgehead atoms. The van der Waals surface area contributed by atoms with E-state index in [1.165, 1.54) is 24.3 Å². The third-order valence-electron chi connectivity index (χ3n) is 3.09. The van der Waals surface area contributed by atoms with Gasteiger partial charge in [0.05, 0.1) is 5.41 Å². The van der Waals surface area contributed by atoms with Gasteiger partial charge in [0, 0.05) is 5.69 Å². The lowest BCUT2D eigenvalue weighted by Gasteiger charge is -2.11. The van der Waals surface area contributed by atoms with Crippen LogP contribution in [0, 0.1) is 0 Å². The van der Waals surface area contributed by atoms with Crippen molar-refractivity contribution < 1.29 is 27.1 Å². The zero-order chi connectivity index (χ0) is 14.3. The molecule has 5 nitrogen and oxygen atoms in total. The van der Waals surface area contributed by atoms with E-state index in [1.54, 1.807) is 4.72 Å². The molecule has 0 spiro atoms. The highest BCUT2D eigenvalue weighted by Crippen LogP contribution is 2.48. The van der Waals surface area contributed by atoms with Gasteiger partial charge < -0.3 is 5.11 Å². The minimum atomic E-state index is -4.70. The summed E-state index contributed by atoms with van der Waals surface area (Å²) in [5.41, 5.74) is -0.384. The number of aliphatic carboxylic acids is 1. The van der Waals surface area contributed by atoms with Gasteiger partial charge in [-0.1, -0.05) is 12.1 Å². The summed E-state index contributed by atoms with van der Waals surface area (Å²) >= 11 is 0. The fraction of sp³-hybridized carbons (Fsp3) is 0.364. The summed E-state index contributed by atoms with van der Waals surface area (Å²) in [6, 6.07) is 5.42. The van der Waals surface area contributed by atoms with Crippen molar-refractivity contribution in [2.75, 3.05) is 4.72 Å². The molecule has 0 amide bonds. The van der Waals surface area contributed by atoms with Crippen molar-refractivity contribution in [3.8, 4) is 0 Å². The Morgan fingerprint density at radius 1 is 1.26 bits per heavy atom. The maximum Gasteiger partial charge on any atom is 0.355 e. The van der Waals surface area contributed by atoms with Crippen LogP contribution in [-0.2, 0) is 20.2 Å². The van der Waals surface area contributed by atoms with Crippen LogP contribution in [0.4, 0.5) is 14.5 Å². The number of sulfonamides is 1. The molecule has 1 aromatic rings. The fourth-order valence-corrected chi connectivity index (χ4v) is 2.37. The van der Waals surface area contributed by atoms with Gasteiger partial charge in [-0.05, 0) is 30.5 Å². The summed E-state index contributed by atoms with van der Waals surface area (Å²) in [4.78, 5) is 11.1. The number of hydrogen-bond donors (Lipinski definition) is 2. The Balaban J connectivity index is 2.19. The van der Waals surface area contributed by atoms with Crippen LogP contribution >= 0.6 is 0 Å². The lowest BCUT2D eigenvalue weighted by atomic mass is 9.96. The van der Waals surface area contributed by atoms with Crippen LogP contribution < -0.4 is 4.72 Å². The molecule has 1 aliphatic carbocycles. The Morgan fingerprint density at radius 3 is 2.16 bits per heavy atom. The van der Waals surface area contributed by atoms with Gasteiger partial charge in [-0.25, -0.2) is 8.42 Å². The van der Waals surface area contributed by atoms with Gasteiger partial charge in [0.1, 0.15) is 0 Å². The quantitative estimate of drug-likeness (QED) is 0.866. The van der Waals surface area contributed by atoms with Crippen molar-refractivity contribution in [3.05, 3.63) is 29.8 Å². The van der Waals surface area contributed by atoms with Crippen molar-refractivity contribution in [3.63, 3.8) is 0 Å². The predicted octanol–water partition coefficient (Wildman–Crippen LogP) is 1.77. The molecule has 2 N–H and O–H groups in total. The number of carbonyl (C=O) groups is 1. The monoisotopic (exact) mass is 291 g/mol. The van der Waals surface area contributed by atoms with Crippen LogP contribution in [0.5, 0.6) is 0 Å². The molecular weight excluding hydrogens is 280 g/mol. The van der Waals surface area contributed by atoms with E-state index in [0.717, 1.165) is 0 Å². The molecule has 104 valence electrons. The highest BCUT2D eigenvalue weighted by Gasteiger charge is 2.51. The van der Waals surface area contributed by atoms with E-state index in [-0.39, 0.29) is 5.69 Å². The Bertz CT molecular complexity index is 594. The Kier molecular flexibility index (Phi) is 3.21. The number of carboxylic acids is 1. The standard InChI is InChI=1S/C11H11F2NO4S/c12-10(13)19(17,18)14-8-3-1-7(2-4-8)11(5-6-11)9(15)16/h1-4,10,14H,5-6H2,(H,15,16). The lowest BCUT2D eigenvalue weighted by Crippen LogP contribution is -2.21. The van der Waals surface area contributed by atoms with E-state index in [2.05, 4.69) is 0 Å². The number of halogens is 2. The van der Waals surface area contributed by atoms with Crippen molar-refractivity contribution in [2.24, 2.45) is 0 Å². The molecule has 0 aromatic heterocycles. The van der Waals surface area contributed by atoms with Gasteiger partial charge in [-0.2, -0.15) is 8.78 Å². The first-order valence-corrected chi connectivity index (χ1v) is 6.96. The molecule has 1 aromatic carbocycles. The number of benzene rings is 1. The molecule has 1 fully saturated rings. The van der Waals surface area contributed by atoms with Gasteiger partial charge in [0.15, 0.2) is 0 Å². The third kappa shape index (κ3) is 2.53. The molecule has 19 heavy (non-hydrogen) atoms. The van der Waals surface area contributed by atoms with Gasteiger partial charge >= 0.3 is 11.7 Å². The van der Waals surface area contributed by atoms with E-state index in [9.17, 15) is 22.0 Å². The summed E-state index contributed by atoms with van der Waals surface area (Å²) in [7, 11) is -4.70. The first-order valence-electron chi connectivity index (χ1n) is 5.42. The summed E-state index contributed by atoms with van der Waals surface area (Å²) in [5.74, 6) is -4.45. The van der Waals surface area contributed by atoms with Gasteiger partial charge in [0.2, 0.25) is 0 Å².